The van der Waals surface area contributed by atoms with E-state index in [1.165, 1.54) is 17.3 Å². The summed E-state index contributed by atoms with van der Waals surface area (Å²) in [5, 5.41) is 2.96. The summed E-state index contributed by atoms with van der Waals surface area (Å²) < 4.78 is 62.0. The smallest absolute Gasteiger partial charge is 0.320 e. The van der Waals surface area contributed by atoms with Crippen LogP contribution in [0.2, 0.25) is 5.02 Å². The Hall–Kier alpha value is -4.71. The topological polar surface area (TPSA) is 195 Å². The molecule has 1 aromatic heterocycles. The van der Waals surface area contributed by atoms with Crippen molar-refractivity contribution in [3.63, 3.8) is 0 Å². The van der Waals surface area contributed by atoms with Crippen LogP contribution in [0.25, 0.3) is 0 Å². The van der Waals surface area contributed by atoms with Gasteiger partial charge in [0.05, 0.1) is 46.0 Å². The van der Waals surface area contributed by atoms with Crippen molar-refractivity contribution in [1.82, 2.24) is 20.7 Å². The second-order valence-corrected chi connectivity index (χ2v) is 13.8. The lowest BCUT2D eigenvalue weighted by atomic mass is 10.1. The molecule has 48 heavy (non-hydrogen) atoms. The van der Waals surface area contributed by atoms with Gasteiger partial charge in [-0.05, 0) is 60.9 Å². The maximum Gasteiger partial charge on any atom is 0.501 e. The number of aromatic nitrogens is 1. The molecular formula is C30H24ClF3N6O7S. The number of sulfone groups is 1. The first-order valence-electron chi connectivity index (χ1n) is 14.3. The van der Waals surface area contributed by atoms with Gasteiger partial charge >= 0.3 is 11.5 Å². The van der Waals surface area contributed by atoms with Crippen LogP contribution in [0.4, 0.5) is 29.3 Å². The summed E-state index contributed by atoms with van der Waals surface area (Å²) in [7, 11) is -5.59. The molecule has 0 bridgehead atoms. The molecule has 2 aromatic carbocycles. The average Bonchev–Trinajstić information content (AvgIpc) is 3.95. The summed E-state index contributed by atoms with van der Waals surface area (Å²) in [6, 6.07) is 10.6. The van der Waals surface area contributed by atoms with E-state index in [1.807, 2.05) is 0 Å². The highest BCUT2D eigenvalue weighted by Gasteiger charge is 2.65. The number of nitrogens with zero attached hydrogens (tertiary/aromatic N) is 3. The van der Waals surface area contributed by atoms with Gasteiger partial charge in [-0.3, -0.25) is 24.2 Å². The number of imide groups is 1. The maximum absolute atomic E-state index is 13.4. The largest absolute Gasteiger partial charge is 0.501 e. The molecule has 2 aliphatic carbocycles. The minimum atomic E-state index is -5.59. The molecule has 2 aliphatic heterocycles. The van der Waals surface area contributed by atoms with Gasteiger partial charge in [0, 0.05) is 12.6 Å². The minimum Gasteiger partial charge on any atom is -0.320 e. The number of hydrogen-bond donors (Lipinski definition) is 3. The van der Waals surface area contributed by atoms with Crippen LogP contribution >= 0.6 is 11.6 Å². The van der Waals surface area contributed by atoms with Gasteiger partial charge in [0.2, 0.25) is 0 Å². The van der Waals surface area contributed by atoms with Crippen molar-refractivity contribution in [3.8, 4) is 0 Å². The molecule has 4 amide bonds. The number of urea groups is 1. The minimum absolute atomic E-state index is 0.0208. The lowest BCUT2D eigenvalue weighted by Gasteiger charge is -2.23. The van der Waals surface area contributed by atoms with Crippen molar-refractivity contribution in [1.29, 1.82) is 0 Å². The molecular weight excluding hydrogens is 681 g/mol. The SMILES string of the molecule is O=C(Nc1cnccc1CN1C(=O)N(c2ccc(S(=O)(=O)C(F)(F)F)cc2)C(=O)C12CC2)c1ccccc1Cl.O=C1CC(=O)C2(C1)NN2. The van der Waals surface area contributed by atoms with Crippen molar-refractivity contribution in [2.24, 2.45) is 0 Å². The first kappa shape index (κ1) is 33.2. The van der Waals surface area contributed by atoms with Crippen molar-refractivity contribution in [3.05, 3.63) is 83.1 Å². The predicted octanol–water partition coefficient (Wildman–Crippen LogP) is 3.50. The van der Waals surface area contributed by atoms with E-state index in [2.05, 4.69) is 21.2 Å². The number of hydrazine groups is 1. The fourth-order valence-corrected chi connectivity index (χ4v) is 6.42. The van der Waals surface area contributed by atoms with Gasteiger partial charge < -0.3 is 10.2 Å². The first-order chi connectivity index (χ1) is 22.6. The number of amides is 4. The van der Waals surface area contributed by atoms with E-state index < -0.39 is 49.3 Å². The molecule has 3 heterocycles. The summed E-state index contributed by atoms with van der Waals surface area (Å²) in [4.78, 5) is 66.1. The van der Waals surface area contributed by atoms with Crippen molar-refractivity contribution >= 4 is 62.2 Å². The Morgan fingerprint density at radius 1 is 1.00 bits per heavy atom. The quantitative estimate of drug-likeness (QED) is 0.194. The Kier molecular flexibility index (Phi) is 8.14. The number of anilines is 2. The fraction of sp³-hybridized carbons (Fsp3) is 0.267. The molecule has 2 saturated heterocycles. The van der Waals surface area contributed by atoms with E-state index in [1.54, 1.807) is 30.3 Å². The third-order valence-electron chi connectivity index (χ3n) is 8.30. The number of carbonyl (C=O) groups is 5. The number of carbonyl (C=O) groups excluding carboxylic acids is 5. The number of nitrogens with one attached hydrogen (secondary N) is 3. The zero-order valence-electron chi connectivity index (χ0n) is 24.5. The highest BCUT2D eigenvalue weighted by molar-refractivity contribution is 7.92. The number of Topliss-reactive ketones (excluding diaryl/α,β-unsaturated/α-hetero) is 2. The number of halogens is 4. The number of rotatable bonds is 6. The number of benzene rings is 2. The van der Waals surface area contributed by atoms with Crippen LogP contribution in [-0.4, -0.2) is 64.4 Å². The standard InChI is InChI=1S/C25H18ClF3N4O5S.C5H6N2O2/c26-19-4-2-1-3-18(19)21(34)31-20-13-30-12-9-15(20)14-32-23(36)33(22(35)24(32)10-11-24)16-5-7-17(8-6-16)39(37,38)25(27,28)29;8-3-1-4(9)5(2-3)6-7-5/h1-9,12-13H,10-11,14H2,(H,31,34);6-7H,1-2H2. The molecule has 4 fully saturated rings. The zero-order valence-corrected chi connectivity index (χ0v) is 26.1. The third kappa shape index (κ3) is 5.82. The second-order valence-electron chi connectivity index (χ2n) is 11.4. The predicted molar refractivity (Wildman–Crippen MR) is 162 cm³/mol. The van der Waals surface area contributed by atoms with E-state index in [4.69, 9.17) is 11.6 Å². The number of alkyl halides is 3. The molecule has 0 atom stereocenters. The van der Waals surface area contributed by atoms with Gasteiger partial charge in [-0.15, -0.1) is 0 Å². The van der Waals surface area contributed by atoms with Crippen LogP contribution in [0.15, 0.2) is 71.9 Å². The van der Waals surface area contributed by atoms with E-state index in [-0.39, 0.29) is 40.8 Å². The molecule has 2 saturated carbocycles. The van der Waals surface area contributed by atoms with Crippen molar-refractivity contribution < 1.29 is 45.6 Å². The second kappa shape index (κ2) is 11.8. The molecule has 13 nitrogen and oxygen atoms in total. The molecule has 7 rings (SSSR count). The Balaban J connectivity index is 0.000000381. The Morgan fingerprint density at radius 2 is 1.67 bits per heavy atom. The third-order valence-corrected chi connectivity index (χ3v) is 10.1. The molecule has 0 unspecified atom stereocenters. The summed E-state index contributed by atoms with van der Waals surface area (Å²) in [6.45, 7) is -0.0811. The van der Waals surface area contributed by atoms with Gasteiger partial charge in [0.1, 0.15) is 11.3 Å². The van der Waals surface area contributed by atoms with Gasteiger partial charge in [-0.25, -0.2) is 29.0 Å². The highest BCUT2D eigenvalue weighted by Crippen LogP contribution is 2.50. The lowest BCUT2D eigenvalue weighted by molar-refractivity contribution is -0.122. The van der Waals surface area contributed by atoms with Crippen molar-refractivity contribution in [2.45, 2.75) is 53.8 Å². The Labute approximate surface area is 275 Å². The van der Waals surface area contributed by atoms with E-state index >= 15 is 0 Å². The van der Waals surface area contributed by atoms with E-state index in [0.29, 0.717) is 42.6 Å². The van der Waals surface area contributed by atoms with E-state index in [9.17, 15) is 45.6 Å². The summed E-state index contributed by atoms with van der Waals surface area (Å²) >= 11 is 6.11. The monoisotopic (exact) mass is 704 g/mol. The molecule has 18 heteroatoms. The van der Waals surface area contributed by atoms with Gasteiger partial charge in [0.25, 0.3) is 21.7 Å². The molecule has 4 aliphatic rings. The molecule has 3 aromatic rings. The van der Waals surface area contributed by atoms with Crippen LogP contribution in [0, 0.1) is 0 Å². The van der Waals surface area contributed by atoms with Crippen LogP contribution in [0.1, 0.15) is 41.6 Å². The molecule has 2 spiro atoms. The number of ketones is 2. The Morgan fingerprint density at radius 3 is 2.21 bits per heavy atom. The summed E-state index contributed by atoms with van der Waals surface area (Å²) in [5.74, 6) is -1.07. The van der Waals surface area contributed by atoms with Gasteiger partial charge in [0.15, 0.2) is 11.4 Å². The first-order valence-corrected chi connectivity index (χ1v) is 16.1. The average molecular weight is 705 g/mol. The van der Waals surface area contributed by atoms with Gasteiger partial charge in [-0.1, -0.05) is 23.7 Å². The number of hydrogen-bond acceptors (Lipinski definition) is 10. The van der Waals surface area contributed by atoms with Crippen LogP contribution in [-0.2, 0) is 30.8 Å². The normalized spacial score (nSPS) is 19.1. The molecule has 250 valence electrons. The maximum atomic E-state index is 13.4. The zero-order chi connectivity index (χ0) is 34.6. The van der Waals surface area contributed by atoms with Crippen molar-refractivity contribution in [2.75, 3.05) is 10.2 Å². The summed E-state index contributed by atoms with van der Waals surface area (Å²) in [5.41, 5.74) is -0.995. The highest BCUT2D eigenvalue weighted by atomic mass is 35.5. The number of pyridine rings is 1. The summed E-state index contributed by atoms with van der Waals surface area (Å²) in [6.07, 6.45) is 4.00. The van der Waals surface area contributed by atoms with Crippen LogP contribution < -0.4 is 21.1 Å². The van der Waals surface area contributed by atoms with Gasteiger partial charge in [-0.2, -0.15) is 13.2 Å². The van der Waals surface area contributed by atoms with E-state index in [0.717, 1.165) is 17.0 Å². The Bertz CT molecular complexity index is 1980. The molecule has 3 N–H and O–H groups in total. The molecule has 0 radical (unpaired) electrons. The van der Waals surface area contributed by atoms with Crippen LogP contribution in [0.5, 0.6) is 0 Å². The fourth-order valence-electron chi connectivity index (χ4n) is 5.44. The van der Waals surface area contributed by atoms with Crippen LogP contribution in [0.3, 0.4) is 0 Å². The lowest BCUT2D eigenvalue weighted by Crippen LogP contribution is -2.36.